The lowest BCUT2D eigenvalue weighted by molar-refractivity contribution is -0.121. The Morgan fingerprint density at radius 1 is 1.35 bits per heavy atom. The molecule has 0 saturated carbocycles. The standard InChI is InChI=1S/C12H17ClN4O3/c1-20-7-6-15-10(18)4-5-16-12(19)11-8(13)2-3-9(14)17-11/h2-3H,4-7H2,1H3,(H2,14,17)(H,15,18)(H,16,19). The van der Waals surface area contributed by atoms with Crippen LogP contribution in [0.3, 0.4) is 0 Å². The molecule has 1 aromatic heterocycles. The van der Waals surface area contributed by atoms with E-state index in [2.05, 4.69) is 15.6 Å². The lowest BCUT2D eigenvalue weighted by Gasteiger charge is -2.07. The fraction of sp³-hybridized carbons (Fsp3) is 0.417. The largest absolute Gasteiger partial charge is 0.384 e. The summed E-state index contributed by atoms with van der Waals surface area (Å²) >= 11 is 5.84. The Morgan fingerprint density at radius 3 is 2.80 bits per heavy atom. The predicted octanol–water partition coefficient (Wildman–Crippen LogP) is 0.200. The number of carbonyl (C=O) groups is 2. The zero-order valence-electron chi connectivity index (χ0n) is 11.1. The smallest absolute Gasteiger partial charge is 0.271 e. The van der Waals surface area contributed by atoms with Crippen molar-refractivity contribution in [2.24, 2.45) is 0 Å². The van der Waals surface area contributed by atoms with Crippen molar-refractivity contribution < 1.29 is 14.3 Å². The molecular formula is C12H17ClN4O3. The quantitative estimate of drug-likeness (QED) is 0.624. The molecule has 7 nitrogen and oxygen atoms in total. The van der Waals surface area contributed by atoms with E-state index >= 15 is 0 Å². The number of anilines is 1. The van der Waals surface area contributed by atoms with E-state index in [1.165, 1.54) is 12.1 Å². The van der Waals surface area contributed by atoms with Crippen LogP contribution in [-0.4, -0.2) is 43.6 Å². The van der Waals surface area contributed by atoms with Gasteiger partial charge < -0.3 is 21.1 Å². The Bertz CT molecular complexity index is 482. The van der Waals surface area contributed by atoms with Crippen LogP contribution in [0, 0.1) is 0 Å². The Labute approximate surface area is 121 Å². The molecule has 110 valence electrons. The summed E-state index contributed by atoms with van der Waals surface area (Å²) < 4.78 is 4.80. The molecular weight excluding hydrogens is 284 g/mol. The van der Waals surface area contributed by atoms with E-state index in [9.17, 15) is 9.59 Å². The number of nitrogen functional groups attached to an aromatic ring is 1. The molecule has 0 unspecified atom stereocenters. The minimum absolute atomic E-state index is 0.0476. The van der Waals surface area contributed by atoms with Gasteiger partial charge in [0.25, 0.3) is 5.91 Å². The highest BCUT2D eigenvalue weighted by Gasteiger charge is 2.12. The third kappa shape index (κ3) is 5.41. The van der Waals surface area contributed by atoms with Gasteiger partial charge in [0, 0.05) is 26.6 Å². The van der Waals surface area contributed by atoms with Gasteiger partial charge in [0.15, 0.2) is 0 Å². The second-order valence-corrected chi connectivity index (χ2v) is 4.32. The van der Waals surface area contributed by atoms with Crippen LogP contribution < -0.4 is 16.4 Å². The highest BCUT2D eigenvalue weighted by molar-refractivity contribution is 6.33. The van der Waals surface area contributed by atoms with Crippen molar-refractivity contribution in [1.29, 1.82) is 0 Å². The van der Waals surface area contributed by atoms with Crippen LogP contribution in [0.2, 0.25) is 5.02 Å². The third-order valence-electron chi connectivity index (χ3n) is 2.35. The number of nitrogens with one attached hydrogen (secondary N) is 2. The van der Waals surface area contributed by atoms with E-state index in [4.69, 9.17) is 22.1 Å². The number of nitrogens with zero attached hydrogens (tertiary/aromatic N) is 1. The van der Waals surface area contributed by atoms with Crippen LogP contribution >= 0.6 is 11.6 Å². The highest BCUT2D eigenvalue weighted by Crippen LogP contribution is 2.14. The van der Waals surface area contributed by atoms with Gasteiger partial charge in [0.2, 0.25) is 5.91 Å². The SMILES string of the molecule is COCCNC(=O)CCNC(=O)c1nc(N)ccc1Cl. The summed E-state index contributed by atoms with van der Waals surface area (Å²) in [7, 11) is 1.55. The first-order valence-electron chi connectivity index (χ1n) is 6.00. The fourth-order valence-electron chi connectivity index (χ4n) is 1.37. The number of methoxy groups -OCH3 is 1. The summed E-state index contributed by atoms with van der Waals surface area (Å²) in [5, 5.41) is 5.40. The maximum Gasteiger partial charge on any atom is 0.271 e. The molecule has 4 N–H and O–H groups in total. The van der Waals surface area contributed by atoms with E-state index in [1.54, 1.807) is 7.11 Å². The first-order chi connectivity index (χ1) is 9.54. The molecule has 0 atom stereocenters. The summed E-state index contributed by atoms with van der Waals surface area (Å²) in [6, 6.07) is 3.00. The Balaban J connectivity index is 2.36. The molecule has 0 radical (unpaired) electrons. The van der Waals surface area contributed by atoms with E-state index < -0.39 is 5.91 Å². The lowest BCUT2D eigenvalue weighted by atomic mass is 10.3. The van der Waals surface area contributed by atoms with Gasteiger partial charge >= 0.3 is 0 Å². The van der Waals surface area contributed by atoms with Crippen molar-refractivity contribution in [2.45, 2.75) is 6.42 Å². The Hall–Kier alpha value is -1.86. The maximum atomic E-state index is 11.8. The molecule has 0 aliphatic heterocycles. The van der Waals surface area contributed by atoms with Crippen molar-refractivity contribution in [2.75, 3.05) is 32.5 Å². The summed E-state index contributed by atoms with van der Waals surface area (Å²) in [5.74, 6) is -0.433. The number of pyridine rings is 1. The van der Waals surface area contributed by atoms with Crippen molar-refractivity contribution in [3.63, 3.8) is 0 Å². The van der Waals surface area contributed by atoms with Gasteiger partial charge in [-0.15, -0.1) is 0 Å². The lowest BCUT2D eigenvalue weighted by Crippen LogP contribution is -2.32. The molecule has 0 aromatic carbocycles. The van der Waals surface area contributed by atoms with E-state index in [1.807, 2.05) is 0 Å². The molecule has 0 aliphatic rings. The van der Waals surface area contributed by atoms with Gasteiger partial charge in [0.1, 0.15) is 11.5 Å². The van der Waals surface area contributed by atoms with Gasteiger partial charge in [-0.25, -0.2) is 4.98 Å². The normalized spacial score (nSPS) is 10.1. The van der Waals surface area contributed by atoms with E-state index in [0.29, 0.717) is 13.2 Å². The summed E-state index contributed by atoms with van der Waals surface area (Å²) in [6.07, 6.45) is 0.162. The predicted molar refractivity (Wildman–Crippen MR) is 75.5 cm³/mol. The molecule has 0 aliphatic carbocycles. The van der Waals surface area contributed by atoms with Gasteiger partial charge in [-0.3, -0.25) is 9.59 Å². The number of aromatic nitrogens is 1. The number of hydrogen-bond donors (Lipinski definition) is 3. The number of ether oxygens (including phenoxy) is 1. The van der Waals surface area contributed by atoms with E-state index in [0.717, 1.165) is 0 Å². The Morgan fingerprint density at radius 2 is 2.10 bits per heavy atom. The zero-order chi connectivity index (χ0) is 15.0. The van der Waals surface area contributed by atoms with Crippen LogP contribution in [0.4, 0.5) is 5.82 Å². The topological polar surface area (TPSA) is 106 Å². The molecule has 0 bridgehead atoms. The summed E-state index contributed by atoms with van der Waals surface area (Å²) in [6.45, 7) is 1.07. The van der Waals surface area contributed by atoms with Gasteiger partial charge in [-0.1, -0.05) is 11.6 Å². The highest BCUT2D eigenvalue weighted by atomic mass is 35.5. The van der Waals surface area contributed by atoms with Gasteiger partial charge in [-0.2, -0.15) is 0 Å². The van der Waals surface area contributed by atoms with Gasteiger partial charge in [0.05, 0.1) is 11.6 Å². The number of amides is 2. The molecule has 2 amide bonds. The average molecular weight is 301 g/mol. The number of carbonyl (C=O) groups excluding carboxylic acids is 2. The van der Waals surface area contributed by atoms with Gasteiger partial charge in [-0.05, 0) is 12.1 Å². The minimum atomic E-state index is -0.466. The van der Waals surface area contributed by atoms with Crippen LogP contribution in [0.25, 0.3) is 0 Å². The van der Waals surface area contributed by atoms with E-state index in [-0.39, 0.29) is 35.4 Å². The van der Waals surface area contributed by atoms with Crippen LogP contribution in [0.5, 0.6) is 0 Å². The molecule has 8 heteroatoms. The molecule has 1 aromatic rings. The third-order valence-corrected chi connectivity index (χ3v) is 2.65. The second kappa shape index (κ2) is 8.34. The number of halogens is 1. The second-order valence-electron chi connectivity index (χ2n) is 3.92. The first kappa shape index (κ1) is 16.2. The number of rotatable bonds is 7. The molecule has 0 spiro atoms. The minimum Gasteiger partial charge on any atom is -0.384 e. The number of nitrogens with two attached hydrogens (primary N) is 1. The Kier molecular flexibility index (Phi) is 6.75. The summed E-state index contributed by atoms with van der Waals surface area (Å²) in [4.78, 5) is 27.0. The fourth-order valence-corrected chi connectivity index (χ4v) is 1.56. The maximum absolute atomic E-state index is 11.8. The van der Waals surface area contributed by atoms with Crippen molar-refractivity contribution in [1.82, 2.24) is 15.6 Å². The summed E-state index contributed by atoms with van der Waals surface area (Å²) in [5.41, 5.74) is 5.53. The van der Waals surface area contributed by atoms with Crippen LogP contribution in [0.15, 0.2) is 12.1 Å². The molecule has 0 fully saturated rings. The number of hydrogen-bond acceptors (Lipinski definition) is 5. The zero-order valence-corrected chi connectivity index (χ0v) is 11.9. The molecule has 1 rings (SSSR count). The average Bonchev–Trinajstić information content (AvgIpc) is 2.41. The van der Waals surface area contributed by atoms with Crippen molar-refractivity contribution in [3.05, 3.63) is 22.8 Å². The monoisotopic (exact) mass is 300 g/mol. The molecule has 20 heavy (non-hydrogen) atoms. The first-order valence-corrected chi connectivity index (χ1v) is 6.38. The van der Waals surface area contributed by atoms with Crippen LogP contribution in [-0.2, 0) is 9.53 Å². The molecule has 0 saturated heterocycles. The van der Waals surface area contributed by atoms with Crippen molar-refractivity contribution >= 4 is 29.2 Å². The van der Waals surface area contributed by atoms with Crippen LogP contribution in [0.1, 0.15) is 16.9 Å². The van der Waals surface area contributed by atoms with Crippen molar-refractivity contribution in [3.8, 4) is 0 Å². The molecule has 1 heterocycles.